The van der Waals surface area contributed by atoms with E-state index in [-0.39, 0.29) is 29.0 Å². The number of aromatic nitrogens is 1. The summed E-state index contributed by atoms with van der Waals surface area (Å²) in [5.74, 6) is -0.673. The SMILES string of the molecule is CC(NC(=O)c1cc(O)cc(O)c1)c1nccs1. The number of hydrogen-bond donors (Lipinski definition) is 3. The van der Waals surface area contributed by atoms with Crippen molar-refractivity contribution in [3.8, 4) is 11.5 Å². The number of phenols is 2. The van der Waals surface area contributed by atoms with Gasteiger partial charge in [0.25, 0.3) is 5.91 Å². The minimum absolute atomic E-state index is 0.151. The number of carbonyl (C=O) groups is 1. The van der Waals surface area contributed by atoms with Crippen LogP contribution in [-0.2, 0) is 0 Å². The summed E-state index contributed by atoms with van der Waals surface area (Å²) in [6, 6.07) is 3.54. The van der Waals surface area contributed by atoms with Crippen molar-refractivity contribution in [3.63, 3.8) is 0 Å². The Balaban J connectivity index is 2.12. The van der Waals surface area contributed by atoms with Crippen molar-refractivity contribution in [2.24, 2.45) is 0 Å². The number of rotatable bonds is 3. The van der Waals surface area contributed by atoms with Gasteiger partial charge < -0.3 is 15.5 Å². The number of nitrogens with one attached hydrogen (secondary N) is 1. The van der Waals surface area contributed by atoms with Crippen molar-refractivity contribution >= 4 is 17.2 Å². The van der Waals surface area contributed by atoms with E-state index in [2.05, 4.69) is 10.3 Å². The molecule has 1 aromatic carbocycles. The Morgan fingerprint density at radius 3 is 2.56 bits per heavy atom. The predicted molar refractivity (Wildman–Crippen MR) is 67.8 cm³/mol. The second-order valence-corrected chi connectivity index (χ2v) is 4.73. The van der Waals surface area contributed by atoms with Crippen molar-refractivity contribution < 1.29 is 15.0 Å². The van der Waals surface area contributed by atoms with Crippen LogP contribution in [0.15, 0.2) is 29.8 Å². The van der Waals surface area contributed by atoms with Crippen molar-refractivity contribution in [3.05, 3.63) is 40.3 Å². The maximum absolute atomic E-state index is 11.9. The molecule has 1 unspecified atom stereocenters. The molecule has 0 spiro atoms. The van der Waals surface area contributed by atoms with Crippen LogP contribution in [0.5, 0.6) is 11.5 Å². The summed E-state index contributed by atoms with van der Waals surface area (Å²) in [6.07, 6.45) is 1.67. The van der Waals surface area contributed by atoms with Crippen LogP contribution in [0, 0.1) is 0 Å². The van der Waals surface area contributed by atoms with Gasteiger partial charge in [0.1, 0.15) is 16.5 Å². The number of hydrogen-bond acceptors (Lipinski definition) is 5. The molecule has 0 radical (unpaired) electrons. The Morgan fingerprint density at radius 2 is 2.00 bits per heavy atom. The quantitative estimate of drug-likeness (QED) is 0.792. The molecule has 1 heterocycles. The van der Waals surface area contributed by atoms with Crippen molar-refractivity contribution in [2.45, 2.75) is 13.0 Å². The topological polar surface area (TPSA) is 82.5 Å². The smallest absolute Gasteiger partial charge is 0.252 e. The third-order valence-electron chi connectivity index (χ3n) is 2.33. The van der Waals surface area contributed by atoms with Crippen LogP contribution in [0.1, 0.15) is 28.3 Å². The molecule has 94 valence electrons. The summed E-state index contributed by atoms with van der Waals surface area (Å²) >= 11 is 1.45. The highest BCUT2D eigenvalue weighted by atomic mass is 32.1. The number of nitrogens with zero attached hydrogens (tertiary/aromatic N) is 1. The van der Waals surface area contributed by atoms with Crippen molar-refractivity contribution in [1.82, 2.24) is 10.3 Å². The third-order valence-corrected chi connectivity index (χ3v) is 3.29. The van der Waals surface area contributed by atoms with E-state index in [0.717, 1.165) is 5.01 Å². The van der Waals surface area contributed by atoms with Gasteiger partial charge in [-0.2, -0.15) is 0 Å². The molecule has 0 fully saturated rings. The van der Waals surface area contributed by atoms with Gasteiger partial charge in [0, 0.05) is 23.2 Å². The van der Waals surface area contributed by atoms with Gasteiger partial charge in [-0.1, -0.05) is 0 Å². The number of thiazole rings is 1. The Hall–Kier alpha value is -2.08. The molecule has 1 amide bonds. The average molecular weight is 264 g/mol. The summed E-state index contributed by atoms with van der Waals surface area (Å²) in [6.45, 7) is 1.82. The average Bonchev–Trinajstić information content (AvgIpc) is 2.80. The fourth-order valence-corrected chi connectivity index (χ4v) is 2.16. The summed E-state index contributed by atoms with van der Waals surface area (Å²) < 4.78 is 0. The predicted octanol–water partition coefficient (Wildman–Crippen LogP) is 2.05. The highest BCUT2D eigenvalue weighted by molar-refractivity contribution is 7.09. The molecule has 0 aliphatic rings. The Labute approximate surface area is 108 Å². The second-order valence-electron chi connectivity index (χ2n) is 3.80. The molecule has 0 saturated carbocycles. The van der Waals surface area contributed by atoms with Gasteiger partial charge >= 0.3 is 0 Å². The zero-order valence-electron chi connectivity index (χ0n) is 9.62. The number of aromatic hydroxyl groups is 2. The molecular formula is C12H12N2O3S. The second kappa shape index (κ2) is 5.05. The fraction of sp³-hybridized carbons (Fsp3) is 0.167. The molecule has 0 aliphatic carbocycles. The van der Waals surface area contributed by atoms with E-state index >= 15 is 0 Å². The lowest BCUT2D eigenvalue weighted by atomic mass is 10.2. The van der Waals surface area contributed by atoms with Gasteiger partial charge in [0.2, 0.25) is 0 Å². The van der Waals surface area contributed by atoms with Crippen LogP contribution < -0.4 is 5.32 Å². The van der Waals surface area contributed by atoms with E-state index in [4.69, 9.17) is 0 Å². The van der Waals surface area contributed by atoms with Crippen LogP contribution in [0.3, 0.4) is 0 Å². The lowest BCUT2D eigenvalue weighted by Crippen LogP contribution is -2.26. The van der Waals surface area contributed by atoms with Crippen LogP contribution in [0.25, 0.3) is 0 Å². The van der Waals surface area contributed by atoms with Crippen LogP contribution in [0.4, 0.5) is 0 Å². The number of amides is 1. The first-order valence-electron chi connectivity index (χ1n) is 5.29. The lowest BCUT2D eigenvalue weighted by molar-refractivity contribution is 0.0939. The lowest BCUT2D eigenvalue weighted by Gasteiger charge is -2.11. The van der Waals surface area contributed by atoms with E-state index in [9.17, 15) is 15.0 Å². The zero-order valence-corrected chi connectivity index (χ0v) is 10.4. The van der Waals surface area contributed by atoms with Crippen LogP contribution >= 0.6 is 11.3 Å². The zero-order chi connectivity index (χ0) is 13.1. The standard InChI is InChI=1S/C12H12N2O3S/c1-7(12-13-2-3-18-12)14-11(17)8-4-9(15)6-10(16)5-8/h2-7,15-16H,1H3,(H,14,17). The summed E-state index contributed by atoms with van der Waals surface area (Å²) in [5, 5.41) is 24.0. The first-order valence-corrected chi connectivity index (χ1v) is 6.17. The first-order chi connectivity index (χ1) is 8.56. The largest absolute Gasteiger partial charge is 0.508 e. The van der Waals surface area contributed by atoms with Gasteiger partial charge in [-0.15, -0.1) is 11.3 Å². The number of phenolic OH excluding ortho intramolecular Hbond substituents is 2. The maximum Gasteiger partial charge on any atom is 0.252 e. The summed E-state index contributed by atoms with van der Waals surface area (Å²) in [7, 11) is 0. The van der Waals surface area contributed by atoms with Gasteiger partial charge in [0.15, 0.2) is 0 Å². The molecule has 0 aliphatic heterocycles. The molecule has 1 atom stereocenters. The molecule has 1 aromatic heterocycles. The molecule has 5 nitrogen and oxygen atoms in total. The van der Waals surface area contributed by atoms with E-state index in [1.165, 1.54) is 29.5 Å². The minimum Gasteiger partial charge on any atom is -0.508 e. The molecule has 2 aromatic rings. The molecule has 0 bridgehead atoms. The highest BCUT2D eigenvalue weighted by Crippen LogP contribution is 2.21. The van der Waals surface area contributed by atoms with E-state index in [1.54, 1.807) is 6.20 Å². The highest BCUT2D eigenvalue weighted by Gasteiger charge is 2.14. The maximum atomic E-state index is 11.9. The third kappa shape index (κ3) is 2.78. The van der Waals surface area contributed by atoms with Crippen LogP contribution in [0.2, 0.25) is 0 Å². The van der Waals surface area contributed by atoms with Crippen molar-refractivity contribution in [2.75, 3.05) is 0 Å². The number of carbonyl (C=O) groups excluding carboxylic acids is 1. The van der Waals surface area contributed by atoms with E-state index in [0.29, 0.717) is 0 Å². The van der Waals surface area contributed by atoms with Gasteiger partial charge in [-0.3, -0.25) is 4.79 Å². The Kier molecular flexibility index (Phi) is 3.47. The van der Waals surface area contributed by atoms with Crippen molar-refractivity contribution in [1.29, 1.82) is 0 Å². The van der Waals surface area contributed by atoms with E-state index < -0.39 is 0 Å². The molecule has 3 N–H and O–H groups in total. The molecular weight excluding hydrogens is 252 g/mol. The van der Waals surface area contributed by atoms with Crippen LogP contribution in [-0.4, -0.2) is 21.1 Å². The fourth-order valence-electron chi connectivity index (χ4n) is 1.52. The Morgan fingerprint density at radius 1 is 1.33 bits per heavy atom. The molecule has 2 rings (SSSR count). The minimum atomic E-state index is -0.371. The van der Waals surface area contributed by atoms with Gasteiger partial charge in [-0.05, 0) is 19.1 Å². The summed E-state index contributed by atoms with van der Waals surface area (Å²) in [4.78, 5) is 16.0. The molecule has 18 heavy (non-hydrogen) atoms. The van der Waals surface area contributed by atoms with E-state index in [1.807, 2.05) is 12.3 Å². The Bertz CT molecular complexity index is 534. The van der Waals surface area contributed by atoms with Gasteiger partial charge in [0.05, 0.1) is 6.04 Å². The first kappa shape index (κ1) is 12.4. The number of benzene rings is 1. The molecule has 0 saturated heterocycles. The summed E-state index contributed by atoms with van der Waals surface area (Å²) in [5.41, 5.74) is 0.205. The normalized spacial score (nSPS) is 12.1. The molecule has 6 heteroatoms. The van der Waals surface area contributed by atoms with Gasteiger partial charge in [-0.25, -0.2) is 4.98 Å². The monoisotopic (exact) mass is 264 g/mol.